The van der Waals surface area contributed by atoms with Crippen molar-refractivity contribution < 1.29 is 0 Å². The van der Waals surface area contributed by atoms with E-state index in [1.54, 1.807) is 18.0 Å². The van der Waals surface area contributed by atoms with Gasteiger partial charge in [0.15, 0.2) is 0 Å². The van der Waals surface area contributed by atoms with E-state index in [-0.39, 0.29) is 0 Å². The summed E-state index contributed by atoms with van der Waals surface area (Å²) in [7, 11) is 0. The lowest BCUT2D eigenvalue weighted by Gasteiger charge is -2.03. The Bertz CT molecular complexity index is 485. The Kier molecular flexibility index (Phi) is 4.42. The molecule has 1 heterocycles. The van der Waals surface area contributed by atoms with Crippen LogP contribution in [0, 0.1) is 0 Å². The molecule has 0 aliphatic heterocycles. The van der Waals surface area contributed by atoms with Gasteiger partial charge in [0.25, 0.3) is 0 Å². The van der Waals surface area contributed by atoms with Crippen LogP contribution in [-0.4, -0.2) is 4.98 Å². The molecule has 0 unspecified atom stereocenters. The van der Waals surface area contributed by atoms with Crippen LogP contribution in [-0.2, 0) is 12.3 Å². The number of hydrogen-bond donors (Lipinski definition) is 1. The van der Waals surface area contributed by atoms with Gasteiger partial charge in [-0.25, -0.2) is 0 Å². The van der Waals surface area contributed by atoms with Gasteiger partial charge in [0, 0.05) is 28.4 Å². The second-order valence-corrected chi connectivity index (χ2v) is 5.09. The third-order valence-electron chi connectivity index (χ3n) is 2.32. The van der Waals surface area contributed by atoms with Crippen molar-refractivity contribution in [2.45, 2.75) is 17.2 Å². The normalized spacial score (nSPS) is 10.5. The van der Waals surface area contributed by atoms with Crippen molar-refractivity contribution in [2.24, 2.45) is 5.73 Å². The maximum absolute atomic E-state index is 5.84. The average molecular weight is 265 g/mol. The van der Waals surface area contributed by atoms with E-state index < -0.39 is 0 Å². The molecule has 4 heteroatoms. The van der Waals surface area contributed by atoms with Gasteiger partial charge >= 0.3 is 0 Å². The molecule has 88 valence electrons. The Balaban J connectivity index is 1.99. The van der Waals surface area contributed by atoms with Gasteiger partial charge in [-0.15, -0.1) is 11.8 Å². The summed E-state index contributed by atoms with van der Waals surface area (Å²) in [6.07, 6.45) is 1.80. The predicted octanol–water partition coefficient (Wildman–Crippen LogP) is 3.49. The molecule has 2 nitrogen and oxygen atoms in total. The summed E-state index contributed by atoms with van der Waals surface area (Å²) in [5.74, 6) is 0.922. The van der Waals surface area contributed by atoms with Crippen molar-refractivity contribution >= 4 is 23.4 Å². The first-order chi connectivity index (χ1) is 8.28. The number of benzene rings is 1. The lowest BCUT2D eigenvalue weighted by atomic mass is 10.2. The van der Waals surface area contributed by atoms with Gasteiger partial charge in [0.05, 0.1) is 5.69 Å². The first-order valence-electron chi connectivity index (χ1n) is 5.30. The zero-order valence-corrected chi connectivity index (χ0v) is 10.8. The fraction of sp³-hybridized carbons (Fsp3) is 0.154. The molecular weight excluding hydrogens is 252 g/mol. The molecule has 1 aromatic carbocycles. The van der Waals surface area contributed by atoms with Gasteiger partial charge in [0.2, 0.25) is 0 Å². The van der Waals surface area contributed by atoms with E-state index >= 15 is 0 Å². The Hall–Kier alpha value is -1.03. The van der Waals surface area contributed by atoms with E-state index in [0.29, 0.717) is 6.54 Å². The summed E-state index contributed by atoms with van der Waals surface area (Å²) in [5.41, 5.74) is 7.73. The van der Waals surface area contributed by atoms with Crippen LogP contribution in [0.15, 0.2) is 47.5 Å². The minimum Gasteiger partial charge on any atom is -0.325 e. The van der Waals surface area contributed by atoms with Crippen molar-refractivity contribution in [3.8, 4) is 0 Å². The van der Waals surface area contributed by atoms with E-state index in [1.807, 2.05) is 36.4 Å². The molecule has 0 spiro atoms. The molecule has 0 radical (unpaired) electrons. The highest BCUT2D eigenvalue weighted by molar-refractivity contribution is 7.98. The molecule has 2 rings (SSSR count). The molecule has 2 aromatic rings. The summed E-state index contributed by atoms with van der Waals surface area (Å²) in [6, 6.07) is 11.9. The smallest absolute Gasteiger partial charge is 0.0550 e. The van der Waals surface area contributed by atoms with Gasteiger partial charge in [-0.1, -0.05) is 23.7 Å². The quantitative estimate of drug-likeness (QED) is 0.860. The van der Waals surface area contributed by atoms with Crippen LogP contribution in [0.25, 0.3) is 0 Å². The third-order valence-corrected chi connectivity index (χ3v) is 3.63. The molecule has 0 saturated heterocycles. The number of nitrogens with zero attached hydrogens (tertiary/aromatic N) is 1. The van der Waals surface area contributed by atoms with Gasteiger partial charge < -0.3 is 5.73 Å². The van der Waals surface area contributed by atoms with Gasteiger partial charge in [-0.05, 0) is 29.8 Å². The SMILES string of the molecule is NCc1cc(SCc2ccc(Cl)cc2)ccn1. The first-order valence-corrected chi connectivity index (χ1v) is 6.66. The number of hydrogen-bond acceptors (Lipinski definition) is 3. The number of pyridine rings is 1. The van der Waals surface area contributed by atoms with Crippen LogP contribution < -0.4 is 5.73 Å². The van der Waals surface area contributed by atoms with Crippen molar-refractivity contribution in [3.05, 3.63) is 58.9 Å². The summed E-state index contributed by atoms with van der Waals surface area (Å²) in [4.78, 5) is 5.36. The van der Waals surface area contributed by atoms with E-state index in [0.717, 1.165) is 16.5 Å². The number of aromatic nitrogens is 1. The van der Waals surface area contributed by atoms with Gasteiger partial charge in [-0.3, -0.25) is 4.98 Å². The molecule has 0 saturated carbocycles. The lowest BCUT2D eigenvalue weighted by Crippen LogP contribution is -1.98. The Morgan fingerprint density at radius 1 is 1.18 bits per heavy atom. The molecule has 0 fully saturated rings. The fourth-order valence-corrected chi connectivity index (χ4v) is 2.43. The van der Waals surface area contributed by atoms with Crippen LogP contribution in [0.4, 0.5) is 0 Å². The van der Waals surface area contributed by atoms with Crippen LogP contribution in [0.1, 0.15) is 11.3 Å². The third kappa shape index (κ3) is 3.73. The van der Waals surface area contributed by atoms with E-state index in [4.69, 9.17) is 17.3 Å². The number of nitrogens with two attached hydrogens (primary N) is 1. The molecule has 0 aliphatic carbocycles. The zero-order chi connectivity index (χ0) is 12.1. The molecule has 2 N–H and O–H groups in total. The number of rotatable bonds is 4. The Labute approximate surface area is 110 Å². The highest BCUT2D eigenvalue weighted by Crippen LogP contribution is 2.23. The minimum atomic E-state index is 0.481. The highest BCUT2D eigenvalue weighted by atomic mass is 35.5. The Morgan fingerprint density at radius 3 is 2.65 bits per heavy atom. The van der Waals surface area contributed by atoms with Gasteiger partial charge in [-0.2, -0.15) is 0 Å². The molecular formula is C13H13ClN2S. The molecule has 17 heavy (non-hydrogen) atoms. The van der Waals surface area contributed by atoms with Crippen molar-refractivity contribution in [1.82, 2.24) is 4.98 Å². The second-order valence-electron chi connectivity index (χ2n) is 3.60. The van der Waals surface area contributed by atoms with Crippen molar-refractivity contribution in [1.29, 1.82) is 0 Å². The van der Waals surface area contributed by atoms with Crippen LogP contribution in [0.5, 0.6) is 0 Å². The van der Waals surface area contributed by atoms with Crippen LogP contribution >= 0.6 is 23.4 Å². The second kappa shape index (κ2) is 6.05. The van der Waals surface area contributed by atoms with E-state index in [9.17, 15) is 0 Å². The summed E-state index contributed by atoms with van der Waals surface area (Å²) >= 11 is 7.61. The monoisotopic (exact) mass is 264 g/mol. The summed E-state index contributed by atoms with van der Waals surface area (Å²) in [6.45, 7) is 0.481. The Morgan fingerprint density at radius 2 is 1.94 bits per heavy atom. The standard InChI is InChI=1S/C13H13ClN2S/c14-11-3-1-10(2-4-11)9-17-13-5-6-16-12(7-13)8-15/h1-7H,8-9,15H2. The van der Waals surface area contributed by atoms with Gasteiger partial charge in [0.1, 0.15) is 0 Å². The number of halogens is 1. The van der Waals surface area contributed by atoms with Crippen LogP contribution in [0.3, 0.4) is 0 Å². The number of thioether (sulfide) groups is 1. The minimum absolute atomic E-state index is 0.481. The predicted molar refractivity (Wildman–Crippen MR) is 73.1 cm³/mol. The topological polar surface area (TPSA) is 38.9 Å². The largest absolute Gasteiger partial charge is 0.325 e. The van der Waals surface area contributed by atoms with Crippen LogP contribution in [0.2, 0.25) is 5.02 Å². The maximum atomic E-state index is 5.84. The fourth-order valence-electron chi connectivity index (χ4n) is 1.40. The van der Waals surface area contributed by atoms with E-state index in [1.165, 1.54) is 10.5 Å². The lowest BCUT2D eigenvalue weighted by molar-refractivity contribution is 0.976. The summed E-state index contributed by atoms with van der Waals surface area (Å²) in [5, 5.41) is 0.771. The molecule has 0 bridgehead atoms. The average Bonchev–Trinajstić information content (AvgIpc) is 2.38. The molecule has 0 atom stereocenters. The molecule has 0 amide bonds. The van der Waals surface area contributed by atoms with Crippen molar-refractivity contribution in [3.63, 3.8) is 0 Å². The summed E-state index contributed by atoms with van der Waals surface area (Å²) < 4.78 is 0. The van der Waals surface area contributed by atoms with Crippen molar-refractivity contribution in [2.75, 3.05) is 0 Å². The zero-order valence-electron chi connectivity index (χ0n) is 9.27. The first kappa shape index (κ1) is 12.4. The highest BCUT2D eigenvalue weighted by Gasteiger charge is 1.98. The van der Waals surface area contributed by atoms with E-state index in [2.05, 4.69) is 4.98 Å². The maximum Gasteiger partial charge on any atom is 0.0550 e. The molecule has 0 aliphatic rings. The molecule has 1 aromatic heterocycles.